The van der Waals surface area contributed by atoms with Crippen LogP contribution in [0.2, 0.25) is 0 Å². The highest BCUT2D eigenvalue weighted by Crippen LogP contribution is 2.20. The Bertz CT molecular complexity index is 654. The molecule has 0 aliphatic heterocycles. The van der Waals surface area contributed by atoms with Gasteiger partial charge in [0.15, 0.2) is 0 Å². The molecule has 1 unspecified atom stereocenters. The van der Waals surface area contributed by atoms with Gasteiger partial charge in [-0.1, -0.05) is 0 Å². The SMILES string of the molecule is CC(NS(=O)(=O)c1ccc(OCCN)cc1)c1nccs1. The van der Waals surface area contributed by atoms with Crippen LogP contribution in [-0.2, 0) is 10.0 Å². The van der Waals surface area contributed by atoms with Crippen LogP contribution in [0.25, 0.3) is 0 Å². The molecule has 1 heterocycles. The number of ether oxygens (including phenoxy) is 1. The van der Waals surface area contributed by atoms with Gasteiger partial charge in [0.2, 0.25) is 10.0 Å². The molecule has 2 rings (SSSR count). The summed E-state index contributed by atoms with van der Waals surface area (Å²) in [6, 6.07) is 5.85. The van der Waals surface area contributed by atoms with E-state index in [1.165, 1.54) is 23.5 Å². The summed E-state index contributed by atoms with van der Waals surface area (Å²) in [6.07, 6.45) is 1.65. The van der Waals surface area contributed by atoms with Gasteiger partial charge in [-0.05, 0) is 31.2 Å². The molecule has 0 saturated heterocycles. The second-order valence-electron chi connectivity index (χ2n) is 4.32. The van der Waals surface area contributed by atoms with Gasteiger partial charge in [-0.2, -0.15) is 0 Å². The lowest BCUT2D eigenvalue weighted by molar-refractivity contribution is 0.328. The standard InChI is InChI=1S/C13H17N3O3S2/c1-10(13-15-7-9-20-13)16-21(17,18)12-4-2-11(3-5-12)19-8-6-14/h2-5,7,9-10,16H,6,8,14H2,1H3. The van der Waals surface area contributed by atoms with Crippen molar-refractivity contribution in [3.63, 3.8) is 0 Å². The second-order valence-corrected chi connectivity index (χ2v) is 6.96. The van der Waals surface area contributed by atoms with Crippen LogP contribution in [-0.4, -0.2) is 26.6 Å². The number of nitrogens with zero attached hydrogens (tertiary/aromatic N) is 1. The molecule has 1 aromatic carbocycles. The molecule has 0 saturated carbocycles. The van der Waals surface area contributed by atoms with E-state index in [9.17, 15) is 8.42 Å². The number of thiazole rings is 1. The van der Waals surface area contributed by atoms with Crippen LogP contribution in [0.15, 0.2) is 40.7 Å². The molecule has 0 radical (unpaired) electrons. The van der Waals surface area contributed by atoms with Crippen molar-refractivity contribution in [1.82, 2.24) is 9.71 Å². The van der Waals surface area contributed by atoms with Crippen molar-refractivity contribution in [1.29, 1.82) is 0 Å². The first-order valence-corrected chi connectivity index (χ1v) is 8.74. The Morgan fingerprint density at radius 3 is 2.67 bits per heavy atom. The number of aromatic nitrogens is 1. The fourth-order valence-electron chi connectivity index (χ4n) is 1.69. The molecule has 0 aliphatic rings. The third kappa shape index (κ3) is 4.24. The average Bonchev–Trinajstić information content (AvgIpc) is 2.99. The van der Waals surface area contributed by atoms with Gasteiger partial charge in [0, 0.05) is 18.1 Å². The highest BCUT2D eigenvalue weighted by Gasteiger charge is 2.19. The molecule has 114 valence electrons. The zero-order valence-electron chi connectivity index (χ0n) is 11.5. The zero-order chi connectivity index (χ0) is 15.3. The third-order valence-electron chi connectivity index (χ3n) is 2.67. The number of nitrogens with two attached hydrogens (primary N) is 1. The molecule has 2 aromatic rings. The van der Waals surface area contributed by atoms with Crippen molar-refractivity contribution in [3.8, 4) is 5.75 Å². The maximum absolute atomic E-state index is 12.3. The molecule has 0 aliphatic carbocycles. The Morgan fingerprint density at radius 1 is 1.38 bits per heavy atom. The number of benzene rings is 1. The summed E-state index contributed by atoms with van der Waals surface area (Å²) in [6.45, 7) is 2.56. The van der Waals surface area contributed by atoms with Gasteiger partial charge in [-0.3, -0.25) is 0 Å². The van der Waals surface area contributed by atoms with Crippen LogP contribution in [0.1, 0.15) is 18.0 Å². The van der Waals surface area contributed by atoms with Gasteiger partial charge >= 0.3 is 0 Å². The summed E-state index contributed by atoms with van der Waals surface area (Å²) in [4.78, 5) is 4.29. The van der Waals surface area contributed by atoms with Crippen molar-refractivity contribution in [2.24, 2.45) is 5.73 Å². The van der Waals surface area contributed by atoms with Crippen molar-refractivity contribution in [2.75, 3.05) is 13.2 Å². The van der Waals surface area contributed by atoms with E-state index in [4.69, 9.17) is 10.5 Å². The summed E-state index contributed by atoms with van der Waals surface area (Å²) in [5.74, 6) is 0.590. The minimum atomic E-state index is -3.59. The van der Waals surface area contributed by atoms with Crippen LogP contribution in [0.3, 0.4) is 0 Å². The van der Waals surface area contributed by atoms with E-state index in [-0.39, 0.29) is 10.9 Å². The molecule has 6 nitrogen and oxygen atoms in total. The Balaban J connectivity index is 2.08. The van der Waals surface area contributed by atoms with E-state index in [0.717, 1.165) is 5.01 Å². The van der Waals surface area contributed by atoms with E-state index < -0.39 is 10.0 Å². The number of nitrogens with one attached hydrogen (secondary N) is 1. The lowest BCUT2D eigenvalue weighted by atomic mass is 10.3. The van der Waals surface area contributed by atoms with Crippen LogP contribution < -0.4 is 15.2 Å². The Kier molecular flexibility index (Phi) is 5.29. The lowest BCUT2D eigenvalue weighted by Crippen LogP contribution is -2.26. The van der Waals surface area contributed by atoms with E-state index in [0.29, 0.717) is 18.9 Å². The molecule has 0 spiro atoms. The molecular weight excluding hydrogens is 310 g/mol. The molecular formula is C13H17N3O3S2. The Morgan fingerprint density at radius 2 is 2.10 bits per heavy atom. The van der Waals surface area contributed by atoms with Gasteiger partial charge in [-0.25, -0.2) is 18.1 Å². The second kappa shape index (κ2) is 6.99. The average molecular weight is 327 g/mol. The van der Waals surface area contributed by atoms with Crippen molar-refractivity contribution in [3.05, 3.63) is 40.8 Å². The highest BCUT2D eigenvalue weighted by molar-refractivity contribution is 7.89. The summed E-state index contributed by atoms with van der Waals surface area (Å²) in [7, 11) is -3.59. The first-order valence-electron chi connectivity index (χ1n) is 6.37. The molecule has 21 heavy (non-hydrogen) atoms. The minimum absolute atomic E-state index is 0.186. The summed E-state index contributed by atoms with van der Waals surface area (Å²) < 4.78 is 32.4. The van der Waals surface area contributed by atoms with Gasteiger partial charge in [0.25, 0.3) is 0 Å². The predicted octanol–water partition coefficient (Wildman–Crippen LogP) is 1.52. The highest BCUT2D eigenvalue weighted by atomic mass is 32.2. The van der Waals surface area contributed by atoms with Gasteiger partial charge in [0.1, 0.15) is 17.4 Å². The van der Waals surface area contributed by atoms with Gasteiger partial charge in [-0.15, -0.1) is 11.3 Å². The normalized spacial score (nSPS) is 13.0. The summed E-state index contributed by atoms with van der Waals surface area (Å²) >= 11 is 1.41. The number of sulfonamides is 1. The molecule has 3 N–H and O–H groups in total. The monoisotopic (exact) mass is 327 g/mol. The summed E-state index contributed by atoms with van der Waals surface area (Å²) in [5.41, 5.74) is 5.34. The maximum Gasteiger partial charge on any atom is 0.241 e. The Labute approximate surface area is 128 Å². The van der Waals surface area contributed by atoms with Gasteiger partial charge < -0.3 is 10.5 Å². The summed E-state index contributed by atoms with van der Waals surface area (Å²) in [5, 5.41) is 2.53. The predicted molar refractivity (Wildman–Crippen MR) is 81.8 cm³/mol. The van der Waals surface area contributed by atoms with E-state index in [1.807, 2.05) is 5.38 Å². The number of hydrogen-bond donors (Lipinski definition) is 2. The molecule has 1 atom stereocenters. The molecule has 0 bridgehead atoms. The molecule has 1 aromatic heterocycles. The van der Waals surface area contributed by atoms with Crippen molar-refractivity contribution in [2.45, 2.75) is 17.9 Å². The lowest BCUT2D eigenvalue weighted by Gasteiger charge is -2.12. The molecule has 0 amide bonds. The van der Waals surface area contributed by atoms with E-state index in [1.54, 1.807) is 25.3 Å². The largest absolute Gasteiger partial charge is 0.492 e. The van der Waals surface area contributed by atoms with Gasteiger partial charge in [0.05, 0.1) is 10.9 Å². The van der Waals surface area contributed by atoms with Crippen molar-refractivity contribution >= 4 is 21.4 Å². The first-order chi connectivity index (χ1) is 10.0. The minimum Gasteiger partial charge on any atom is -0.492 e. The van der Waals surface area contributed by atoms with Crippen LogP contribution in [0.4, 0.5) is 0 Å². The molecule has 0 fully saturated rings. The third-order valence-corrected chi connectivity index (χ3v) is 5.19. The fraction of sp³-hybridized carbons (Fsp3) is 0.308. The topological polar surface area (TPSA) is 94.3 Å². The quantitative estimate of drug-likeness (QED) is 0.804. The van der Waals surface area contributed by atoms with E-state index in [2.05, 4.69) is 9.71 Å². The Hall–Kier alpha value is -1.48. The number of rotatable bonds is 7. The van der Waals surface area contributed by atoms with Crippen LogP contribution in [0, 0.1) is 0 Å². The number of hydrogen-bond acceptors (Lipinski definition) is 6. The first kappa shape index (κ1) is 15.9. The van der Waals surface area contributed by atoms with E-state index >= 15 is 0 Å². The van der Waals surface area contributed by atoms with Crippen molar-refractivity contribution < 1.29 is 13.2 Å². The van der Waals surface area contributed by atoms with Crippen LogP contribution >= 0.6 is 11.3 Å². The van der Waals surface area contributed by atoms with Crippen LogP contribution in [0.5, 0.6) is 5.75 Å². The zero-order valence-corrected chi connectivity index (χ0v) is 13.2. The maximum atomic E-state index is 12.3. The smallest absolute Gasteiger partial charge is 0.241 e. The molecule has 8 heteroatoms. The fourth-order valence-corrected chi connectivity index (χ4v) is 3.62.